The number of anilines is 1. The van der Waals surface area contributed by atoms with Crippen molar-refractivity contribution in [2.24, 2.45) is 0 Å². The predicted octanol–water partition coefficient (Wildman–Crippen LogP) is 3.94. The Labute approximate surface area is 137 Å². The normalized spacial score (nSPS) is 10.4. The number of rotatable bonds is 4. The van der Waals surface area contributed by atoms with Crippen molar-refractivity contribution in [1.29, 1.82) is 0 Å². The SMILES string of the molecule is CC(=O)c1ccc(NC(=O)c2ncoc2-c2ccccc2F)cc1. The molecule has 0 aliphatic carbocycles. The Morgan fingerprint density at radius 3 is 2.46 bits per heavy atom. The van der Waals surface area contributed by atoms with E-state index in [0.29, 0.717) is 11.3 Å². The number of hydrogen-bond acceptors (Lipinski definition) is 4. The Kier molecular flexibility index (Phi) is 4.20. The van der Waals surface area contributed by atoms with Crippen LogP contribution in [0.15, 0.2) is 59.3 Å². The largest absolute Gasteiger partial charge is 0.443 e. The Balaban J connectivity index is 1.85. The first-order valence-corrected chi connectivity index (χ1v) is 7.17. The van der Waals surface area contributed by atoms with E-state index >= 15 is 0 Å². The first-order valence-electron chi connectivity index (χ1n) is 7.17. The molecular formula is C18H13FN2O3. The highest BCUT2D eigenvalue weighted by Crippen LogP contribution is 2.26. The lowest BCUT2D eigenvalue weighted by Crippen LogP contribution is -2.13. The summed E-state index contributed by atoms with van der Waals surface area (Å²) in [4.78, 5) is 27.5. The number of carbonyl (C=O) groups is 2. The summed E-state index contributed by atoms with van der Waals surface area (Å²) in [7, 11) is 0. The fourth-order valence-corrected chi connectivity index (χ4v) is 2.22. The van der Waals surface area contributed by atoms with Crippen molar-refractivity contribution in [2.45, 2.75) is 6.92 Å². The molecule has 0 spiro atoms. The van der Waals surface area contributed by atoms with Gasteiger partial charge < -0.3 is 9.73 Å². The summed E-state index contributed by atoms with van der Waals surface area (Å²) in [6, 6.07) is 12.4. The zero-order chi connectivity index (χ0) is 17.1. The molecular weight excluding hydrogens is 311 g/mol. The topological polar surface area (TPSA) is 72.2 Å². The second-order valence-corrected chi connectivity index (χ2v) is 5.10. The van der Waals surface area contributed by atoms with Crippen LogP contribution in [-0.2, 0) is 0 Å². The monoisotopic (exact) mass is 324 g/mol. The Morgan fingerprint density at radius 2 is 1.79 bits per heavy atom. The van der Waals surface area contributed by atoms with Gasteiger partial charge in [0.15, 0.2) is 23.6 Å². The molecule has 3 rings (SSSR count). The number of hydrogen-bond donors (Lipinski definition) is 1. The molecule has 0 atom stereocenters. The first kappa shape index (κ1) is 15.6. The Bertz CT molecular complexity index is 901. The third kappa shape index (κ3) is 3.08. The lowest BCUT2D eigenvalue weighted by molar-refractivity contribution is 0.101. The van der Waals surface area contributed by atoms with Gasteiger partial charge in [-0.15, -0.1) is 0 Å². The third-order valence-electron chi connectivity index (χ3n) is 3.45. The number of carbonyl (C=O) groups excluding carboxylic acids is 2. The van der Waals surface area contributed by atoms with Crippen LogP contribution in [-0.4, -0.2) is 16.7 Å². The van der Waals surface area contributed by atoms with Crippen molar-refractivity contribution >= 4 is 17.4 Å². The number of amides is 1. The van der Waals surface area contributed by atoms with Gasteiger partial charge in [0.25, 0.3) is 5.91 Å². The van der Waals surface area contributed by atoms with E-state index in [1.807, 2.05) is 0 Å². The lowest BCUT2D eigenvalue weighted by Gasteiger charge is -2.06. The molecule has 1 heterocycles. The molecule has 0 bridgehead atoms. The molecule has 5 nitrogen and oxygen atoms in total. The second-order valence-electron chi connectivity index (χ2n) is 5.10. The highest BCUT2D eigenvalue weighted by Gasteiger charge is 2.20. The summed E-state index contributed by atoms with van der Waals surface area (Å²) in [6.45, 7) is 1.46. The summed E-state index contributed by atoms with van der Waals surface area (Å²) in [5, 5.41) is 2.64. The van der Waals surface area contributed by atoms with Crippen molar-refractivity contribution < 1.29 is 18.4 Å². The van der Waals surface area contributed by atoms with Gasteiger partial charge in [0.2, 0.25) is 0 Å². The average Bonchev–Trinajstić information content (AvgIpc) is 3.05. The van der Waals surface area contributed by atoms with Gasteiger partial charge in [0, 0.05) is 11.3 Å². The number of Topliss-reactive ketones (excluding diaryl/α,β-unsaturated/α-hetero) is 1. The predicted molar refractivity (Wildman–Crippen MR) is 86.3 cm³/mol. The zero-order valence-corrected chi connectivity index (χ0v) is 12.7. The van der Waals surface area contributed by atoms with Gasteiger partial charge in [-0.25, -0.2) is 9.37 Å². The van der Waals surface area contributed by atoms with Crippen molar-refractivity contribution in [3.8, 4) is 11.3 Å². The number of aromatic nitrogens is 1. The van der Waals surface area contributed by atoms with Crippen molar-refractivity contribution in [2.75, 3.05) is 5.32 Å². The lowest BCUT2D eigenvalue weighted by atomic mass is 10.1. The van der Waals surface area contributed by atoms with Crippen LogP contribution in [0.2, 0.25) is 0 Å². The molecule has 120 valence electrons. The molecule has 1 aromatic heterocycles. The maximum absolute atomic E-state index is 13.9. The molecule has 2 aromatic carbocycles. The van der Waals surface area contributed by atoms with Gasteiger partial charge in [0.05, 0.1) is 5.56 Å². The van der Waals surface area contributed by atoms with Crippen LogP contribution < -0.4 is 5.32 Å². The highest BCUT2D eigenvalue weighted by atomic mass is 19.1. The molecule has 0 saturated carbocycles. The maximum atomic E-state index is 13.9. The van der Waals surface area contributed by atoms with Gasteiger partial charge >= 0.3 is 0 Å². The van der Waals surface area contributed by atoms with Gasteiger partial charge in [0.1, 0.15) is 5.82 Å². The van der Waals surface area contributed by atoms with Crippen LogP contribution in [0.4, 0.5) is 10.1 Å². The number of ketones is 1. The molecule has 0 radical (unpaired) electrons. The van der Waals surface area contributed by atoms with E-state index in [9.17, 15) is 14.0 Å². The molecule has 1 amide bonds. The molecule has 0 aliphatic heterocycles. The molecule has 6 heteroatoms. The van der Waals surface area contributed by atoms with E-state index < -0.39 is 11.7 Å². The van der Waals surface area contributed by atoms with E-state index in [4.69, 9.17) is 4.42 Å². The Morgan fingerprint density at radius 1 is 1.08 bits per heavy atom. The minimum absolute atomic E-state index is 0.0178. The van der Waals surface area contributed by atoms with E-state index in [-0.39, 0.29) is 22.8 Å². The molecule has 0 fully saturated rings. The first-order chi connectivity index (χ1) is 11.6. The van der Waals surface area contributed by atoms with E-state index in [1.54, 1.807) is 36.4 Å². The molecule has 0 unspecified atom stereocenters. The summed E-state index contributed by atoms with van der Waals surface area (Å²) >= 11 is 0. The molecule has 24 heavy (non-hydrogen) atoms. The standard InChI is InChI=1S/C18H13FN2O3/c1-11(22)12-6-8-13(9-7-12)21-18(23)16-17(24-10-20-16)14-4-2-3-5-15(14)19/h2-10H,1H3,(H,21,23). The van der Waals surface area contributed by atoms with Crippen molar-refractivity contribution in [3.05, 3.63) is 72.0 Å². The summed E-state index contributed by atoms with van der Waals surface area (Å²) in [6.07, 6.45) is 1.09. The quantitative estimate of drug-likeness (QED) is 0.738. The maximum Gasteiger partial charge on any atom is 0.278 e. The van der Waals surface area contributed by atoms with E-state index in [2.05, 4.69) is 10.3 Å². The van der Waals surface area contributed by atoms with Crippen LogP contribution in [0.5, 0.6) is 0 Å². The molecule has 1 N–H and O–H groups in total. The number of oxazole rings is 1. The number of halogens is 1. The average molecular weight is 324 g/mol. The summed E-state index contributed by atoms with van der Waals surface area (Å²) < 4.78 is 19.1. The summed E-state index contributed by atoms with van der Waals surface area (Å²) in [5.41, 5.74) is 1.18. The molecule has 0 saturated heterocycles. The van der Waals surface area contributed by atoms with Crippen LogP contribution in [0.1, 0.15) is 27.8 Å². The third-order valence-corrected chi connectivity index (χ3v) is 3.45. The minimum Gasteiger partial charge on any atom is -0.443 e. The van der Waals surface area contributed by atoms with Crippen molar-refractivity contribution in [3.63, 3.8) is 0 Å². The van der Waals surface area contributed by atoms with Crippen LogP contribution >= 0.6 is 0 Å². The van der Waals surface area contributed by atoms with Crippen molar-refractivity contribution in [1.82, 2.24) is 4.98 Å². The smallest absolute Gasteiger partial charge is 0.278 e. The zero-order valence-electron chi connectivity index (χ0n) is 12.7. The second kappa shape index (κ2) is 6.45. The van der Waals surface area contributed by atoms with Gasteiger partial charge in [-0.05, 0) is 43.3 Å². The molecule has 0 aliphatic rings. The number of nitrogens with zero attached hydrogens (tertiary/aromatic N) is 1. The van der Waals surface area contributed by atoms with E-state index in [1.165, 1.54) is 19.1 Å². The highest BCUT2D eigenvalue weighted by molar-refractivity contribution is 6.06. The summed E-state index contributed by atoms with van der Waals surface area (Å²) in [5.74, 6) is -1.04. The van der Waals surface area contributed by atoms with E-state index in [0.717, 1.165) is 6.39 Å². The number of nitrogens with one attached hydrogen (secondary N) is 1. The fraction of sp³-hybridized carbons (Fsp3) is 0.0556. The minimum atomic E-state index is -0.530. The van der Waals surface area contributed by atoms with Crippen LogP contribution in [0.25, 0.3) is 11.3 Å². The van der Waals surface area contributed by atoms with Gasteiger partial charge in [-0.1, -0.05) is 12.1 Å². The molecule has 3 aromatic rings. The fourth-order valence-electron chi connectivity index (χ4n) is 2.22. The number of benzene rings is 2. The van der Waals surface area contributed by atoms with Crippen LogP contribution in [0.3, 0.4) is 0 Å². The van der Waals surface area contributed by atoms with Crippen LogP contribution in [0, 0.1) is 5.82 Å². The van der Waals surface area contributed by atoms with Gasteiger partial charge in [-0.3, -0.25) is 9.59 Å². The van der Waals surface area contributed by atoms with Gasteiger partial charge in [-0.2, -0.15) is 0 Å². The Hall–Kier alpha value is -3.28.